The number of halogens is 1. The first-order valence-corrected chi connectivity index (χ1v) is 9.27. The molecule has 1 fully saturated rings. The molecule has 0 bridgehead atoms. The molecule has 0 unspecified atom stereocenters. The topological polar surface area (TPSA) is 12.5 Å². The highest BCUT2D eigenvalue weighted by atomic mass is 79.9. The Balaban J connectivity index is 2.48. The summed E-state index contributed by atoms with van der Waals surface area (Å²) in [6, 6.07) is 4.18. The van der Waals surface area contributed by atoms with E-state index in [1.54, 1.807) is 0 Å². The molecule has 3 heteroatoms. The summed E-state index contributed by atoms with van der Waals surface area (Å²) in [5.74, 6) is 0. The molecule has 78 valence electrons. The van der Waals surface area contributed by atoms with Crippen molar-refractivity contribution in [3.8, 4) is 0 Å². The van der Waals surface area contributed by atoms with Crippen molar-refractivity contribution in [2.75, 3.05) is 5.33 Å². The largest absolute Gasteiger partial charge is 0.373 e. The summed E-state index contributed by atoms with van der Waals surface area (Å²) in [5.41, 5.74) is 0.685. The van der Waals surface area contributed by atoms with E-state index in [4.69, 9.17) is 4.74 Å². The van der Waals surface area contributed by atoms with Crippen LogP contribution in [-0.2, 0) is 4.74 Å². The molecule has 1 rings (SSSR count). The third-order valence-electron chi connectivity index (χ3n) is 3.69. The van der Waals surface area contributed by atoms with Crippen LogP contribution in [0.5, 0.6) is 0 Å². The van der Waals surface area contributed by atoms with Gasteiger partial charge in [-0.2, -0.15) is 0 Å². The number of rotatable bonds is 6. The van der Waals surface area contributed by atoms with Crippen LogP contribution in [0.1, 0.15) is 27.2 Å². The van der Waals surface area contributed by atoms with Gasteiger partial charge < -0.3 is 4.74 Å². The molecule has 0 aromatic carbocycles. The fourth-order valence-electron chi connectivity index (χ4n) is 2.36. The lowest BCUT2D eigenvalue weighted by atomic mass is 10.4. The minimum atomic E-state index is -1.03. The summed E-state index contributed by atoms with van der Waals surface area (Å²) < 4.78 is 5.83. The first-order valence-electron chi connectivity index (χ1n) is 5.45. The van der Waals surface area contributed by atoms with Crippen LogP contribution in [0.4, 0.5) is 0 Å². The molecular weight excluding hydrogens is 244 g/mol. The average molecular weight is 265 g/mol. The van der Waals surface area contributed by atoms with E-state index in [-0.39, 0.29) is 0 Å². The fourth-order valence-corrected chi connectivity index (χ4v) is 6.94. The van der Waals surface area contributed by atoms with Crippen molar-refractivity contribution < 1.29 is 4.74 Å². The molecule has 0 aromatic heterocycles. The van der Waals surface area contributed by atoms with E-state index in [9.17, 15) is 0 Å². The molecule has 0 saturated carbocycles. The standard InChI is InChI=1S/C10H21BrOSi/c1-4-13(5-2,6-3)10-9(12-10)7-8-11/h9-10H,4-8H2,1-3H3/t9-,10-/m1/s1. The molecule has 2 atom stereocenters. The Kier molecular flexibility index (Phi) is 4.46. The van der Waals surface area contributed by atoms with E-state index in [1.165, 1.54) is 24.6 Å². The Hall–Kier alpha value is 0.657. The van der Waals surface area contributed by atoms with Crippen molar-refractivity contribution in [2.45, 2.75) is 57.2 Å². The first kappa shape index (κ1) is 11.7. The maximum absolute atomic E-state index is 5.83. The quantitative estimate of drug-likeness (QED) is 0.406. The van der Waals surface area contributed by atoms with Crippen LogP contribution >= 0.6 is 15.9 Å². The van der Waals surface area contributed by atoms with Gasteiger partial charge in [0, 0.05) is 5.33 Å². The van der Waals surface area contributed by atoms with Gasteiger partial charge in [0.15, 0.2) is 0 Å². The molecule has 0 aliphatic carbocycles. The fraction of sp³-hybridized carbons (Fsp3) is 1.00. The second-order valence-corrected chi connectivity index (χ2v) is 10.2. The van der Waals surface area contributed by atoms with Crippen LogP contribution in [0.15, 0.2) is 0 Å². The van der Waals surface area contributed by atoms with Crippen LogP contribution in [0.25, 0.3) is 0 Å². The SMILES string of the molecule is CC[Si](CC)(CC)[C@H]1O[C@@H]1CCBr. The van der Waals surface area contributed by atoms with Crippen LogP contribution in [-0.4, -0.2) is 25.2 Å². The Morgan fingerprint density at radius 1 is 1.15 bits per heavy atom. The van der Waals surface area contributed by atoms with Crippen molar-refractivity contribution in [1.82, 2.24) is 0 Å². The van der Waals surface area contributed by atoms with E-state index in [0.29, 0.717) is 11.8 Å². The molecule has 1 saturated heterocycles. The molecule has 0 radical (unpaired) electrons. The van der Waals surface area contributed by atoms with Crippen LogP contribution < -0.4 is 0 Å². The molecule has 0 spiro atoms. The summed E-state index contributed by atoms with van der Waals surface area (Å²) in [5, 5.41) is 1.09. The lowest BCUT2D eigenvalue weighted by Crippen LogP contribution is -2.40. The maximum atomic E-state index is 5.83. The second kappa shape index (κ2) is 4.94. The number of hydrogen-bond acceptors (Lipinski definition) is 1. The number of hydrogen-bond donors (Lipinski definition) is 0. The number of alkyl halides is 1. The van der Waals surface area contributed by atoms with Gasteiger partial charge in [0.2, 0.25) is 0 Å². The van der Waals surface area contributed by atoms with Gasteiger partial charge in [-0.15, -0.1) is 0 Å². The second-order valence-electron chi connectivity index (χ2n) is 4.00. The van der Waals surface area contributed by atoms with Gasteiger partial charge in [0.1, 0.15) is 0 Å². The Morgan fingerprint density at radius 3 is 2.08 bits per heavy atom. The molecular formula is C10H21BrOSi. The Morgan fingerprint density at radius 2 is 1.69 bits per heavy atom. The zero-order valence-electron chi connectivity index (χ0n) is 8.98. The van der Waals surface area contributed by atoms with Crippen LogP contribution in [0.3, 0.4) is 0 Å². The minimum absolute atomic E-state index is 0.603. The predicted molar refractivity (Wildman–Crippen MR) is 64.3 cm³/mol. The van der Waals surface area contributed by atoms with E-state index in [1.807, 2.05) is 0 Å². The summed E-state index contributed by atoms with van der Waals surface area (Å²) in [7, 11) is -1.03. The van der Waals surface area contributed by atoms with E-state index in [2.05, 4.69) is 36.7 Å². The zero-order chi connectivity index (χ0) is 9.90. The lowest BCUT2D eigenvalue weighted by Gasteiger charge is -2.25. The molecule has 1 nitrogen and oxygen atoms in total. The highest BCUT2D eigenvalue weighted by molar-refractivity contribution is 9.09. The normalized spacial score (nSPS) is 27.7. The Labute approximate surface area is 91.4 Å². The molecule has 0 aromatic rings. The van der Waals surface area contributed by atoms with Gasteiger partial charge in [-0.05, 0) is 6.42 Å². The Bertz CT molecular complexity index is 151. The van der Waals surface area contributed by atoms with Gasteiger partial charge in [0.25, 0.3) is 0 Å². The minimum Gasteiger partial charge on any atom is -0.373 e. The number of ether oxygens (including phenoxy) is 1. The molecule has 0 amide bonds. The van der Waals surface area contributed by atoms with E-state index >= 15 is 0 Å². The maximum Gasteiger partial charge on any atom is 0.0902 e. The highest BCUT2D eigenvalue weighted by Gasteiger charge is 2.52. The predicted octanol–water partition coefficient (Wildman–Crippen LogP) is 3.59. The number of epoxide rings is 1. The lowest BCUT2D eigenvalue weighted by molar-refractivity contribution is 0.390. The van der Waals surface area contributed by atoms with Crippen molar-refractivity contribution in [3.05, 3.63) is 0 Å². The van der Waals surface area contributed by atoms with Gasteiger partial charge >= 0.3 is 0 Å². The molecule has 1 aliphatic heterocycles. The van der Waals surface area contributed by atoms with Gasteiger partial charge in [-0.25, -0.2) is 0 Å². The van der Waals surface area contributed by atoms with Crippen LogP contribution in [0, 0.1) is 0 Å². The smallest absolute Gasteiger partial charge is 0.0902 e. The van der Waals surface area contributed by atoms with Gasteiger partial charge in [-0.3, -0.25) is 0 Å². The summed E-state index contributed by atoms with van der Waals surface area (Å²) in [6.07, 6.45) is 1.81. The van der Waals surface area contributed by atoms with Gasteiger partial charge in [0.05, 0.1) is 19.9 Å². The molecule has 1 aliphatic rings. The van der Waals surface area contributed by atoms with Crippen molar-refractivity contribution in [3.63, 3.8) is 0 Å². The highest BCUT2D eigenvalue weighted by Crippen LogP contribution is 2.40. The monoisotopic (exact) mass is 264 g/mol. The molecule has 0 N–H and O–H groups in total. The average Bonchev–Trinajstić information content (AvgIpc) is 2.90. The van der Waals surface area contributed by atoms with E-state index < -0.39 is 8.07 Å². The summed E-state index contributed by atoms with van der Waals surface area (Å²) in [4.78, 5) is 0. The van der Waals surface area contributed by atoms with Gasteiger partial charge in [-0.1, -0.05) is 54.8 Å². The van der Waals surface area contributed by atoms with Crippen LogP contribution in [0.2, 0.25) is 18.1 Å². The zero-order valence-corrected chi connectivity index (χ0v) is 11.6. The van der Waals surface area contributed by atoms with Crippen molar-refractivity contribution in [2.24, 2.45) is 0 Å². The van der Waals surface area contributed by atoms with Crippen molar-refractivity contribution >= 4 is 24.0 Å². The third-order valence-corrected chi connectivity index (χ3v) is 10.1. The molecule has 13 heavy (non-hydrogen) atoms. The summed E-state index contributed by atoms with van der Waals surface area (Å²) in [6.45, 7) is 7.06. The first-order chi connectivity index (χ1) is 6.24. The molecule has 1 heterocycles. The third kappa shape index (κ3) is 2.36. The van der Waals surface area contributed by atoms with E-state index in [0.717, 1.165) is 5.33 Å². The van der Waals surface area contributed by atoms with Crippen molar-refractivity contribution in [1.29, 1.82) is 0 Å². The summed E-state index contributed by atoms with van der Waals surface area (Å²) >= 11 is 3.49.